The maximum atomic E-state index is 11.2. The van der Waals surface area contributed by atoms with Gasteiger partial charge in [0.2, 0.25) is 0 Å². The van der Waals surface area contributed by atoms with Gasteiger partial charge in [-0.15, -0.1) is 10.2 Å². The Balaban J connectivity index is 2.18. The third-order valence-corrected chi connectivity index (χ3v) is 1.43. The molecule has 2 N–H and O–H groups in total. The fraction of sp³-hybridized carbons (Fsp3) is 0.750. The highest BCUT2D eigenvalue weighted by Gasteiger charge is 2.14. The second kappa shape index (κ2) is 4.72. The summed E-state index contributed by atoms with van der Waals surface area (Å²) in [7, 11) is 0. The first-order valence-corrected chi connectivity index (χ1v) is 4.64. The SMILES string of the molecule is CC(C)(C)NC(=O)OCCc1nn[nH]n1. The molecule has 7 heteroatoms. The molecule has 1 aromatic heterocycles. The molecule has 1 aromatic rings. The van der Waals surface area contributed by atoms with Gasteiger partial charge in [-0.1, -0.05) is 5.21 Å². The number of hydrogen-bond acceptors (Lipinski definition) is 5. The Kier molecular flexibility index (Phi) is 3.59. The van der Waals surface area contributed by atoms with Crippen molar-refractivity contribution in [2.75, 3.05) is 6.61 Å². The molecule has 0 radical (unpaired) electrons. The highest BCUT2D eigenvalue weighted by Crippen LogP contribution is 1.99. The number of hydrogen-bond donors (Lipinski definition) is 2. The number of H-pyrrole nitrogens is 1. The number of tetrazole rings is 1. The summed E-state index contributed by atoms with van der Waals surface area (Å²) in [5.74, 6) is 0.526. The van der Waals surface area contributed by atoms with Crippen LogP contribution in [0.3, 0.4) is 0 Å². The lowest BCUT2D eigenvalue weighted by Gasteiger charge is -2.19. The van der Waals surface area contributed by atoms with Crippen molar-refractivity contribution in [3.8, 4) is 0 Å². The lowest BCUT2D eigenvalue weighted by molar-refractivity contribution is 0.138. The summed E-state index contributed by atoms with van der Waals surface area (Å²) in [6.45, 7) is 5.88. The van der Waals surface area contributed by atoms with Crippen LogP contribution in [0.2, 0.25) is 0 Å². The molecular weight excluding hydrogens is 198 g/mol. The van der Waals surface area contributed by atoms with Gasteiger partial charge in [-0.05, 0) is 20.8 Å². The van der Waals surface area contributed by atoms with Crippen molar-refractivity contribution < 1.29 is 9.53 Å². The Morgan fingerprint density at radius 3 is 2.80 bits per heavy atom. The van der Waals surface area contributed by atoms with E-state index < -0.39 is 6.09 Å². The van der Waals surface area contributed by atoms with Crippen molar-refractivity contribution >= 4 is 6.09 Å². The van der Waals surface area contributed by atoms with Crippen LogP contribution in [0.15, 0.2) is 0 Å². The number of nitrogens with one attached hydrogen (secondary N) is 2. The minimum absolute atomic E-state index is 0.238. The molecule has 15 heavy (non-hydrogen) atoms. The molecule has 7 nitrogen and oxygen atoms in total. The van der Waals surface area contributed by atoms with Crippen molar-refractivity contribution in [3.63, 3.8) is 0 Å². The van der Waals surface area contributed by atoms with Gasteiger partial charge in [-0.2, -0.15) is 5.21 Å². The number of ether oxygens (including phenoxy) is 1. The average Bonchev–Trinajstić information content (AvgIpc) is 2.53. The number of rotatable bonds is 3. The topological polar surface area (TPSA) is 92.8 Å². The summed E-state index contributed by atoms with van der Waals surface area (Å²) in [6.07, 6.45) is 0.0135. The first-order valence-electron chi connectivity index (χ1n) is 4.64. The zero-order chi connectivity index (χ0) is 11.3. The zero-order valence-corrected chi connectivity index (χ0v) is 9.07. The first-order chi connectivity index (χ1) is 6.97. The van der Waals surface area contributed by atoms with E-state index >= 15 is 0 Å². The van der Waals surface area contributed by atoms with Crippen molar-refractivity contribution in [1.82, 2.24) is 25.9 Å². The van der Waals surface area contributed by atoms with Gasteiger partial charge in [-0.3, -0.25) is 0 Å². The van der Waals surface area contributed by atoms with Gasteiger partial charge in [0.25, 0.3) is 0 Å². The van der Waals surface area contributed by atoms with Crippen molar-refractivity contribution in [2.45, 2.75) is 32.7 Å². The normalized spacial score (nSPS) is 11.1. The molecule has 0 fully saturated rings. The number of nitrogens with zero attached hydrogens (tertiary/aromatic N) is 3. The fourth-order valence-electron chi connectivity index (χ4n) is 0.866. The summed E-state index contributed by atoms with van der Waals surface area (Å²) in [5.41, 5.74) is -0.288. The maximum absolute atomic E-state index is 11.2. The van der Waals surface area contributed by atoms with E-state index in [0.29, 0.717) is 12.2 Å². The predicted molar refractivity (Wildman–Crippen MR) is 52.1 cm³/mol. The minimum atomic E-state index is -0.439. The van der Waals surface area contributed by atoms with Crippen LogP contribution >= 0.6 is 0 Å². The minimum Gasteiger partial charge on any atom is -0.449 e. The molecule has 0 aliphatic carbocycles. The predicted octanol–water partition coefficient (Wildman–Crippen LogP) is 0.267. The number of carbonyl (C=O) groups excluding carboxylic acids is 1. The summed E-state index contributed by atoms with van der Waals surface area (Å²) in [5, 5.41) is 15.8. The fourth-order valence-corrected chi connectivity index (χ4v) is 0.866. The van der Waals surface area contributed by atoms with Crippen LogP contribution in [0.4, 0.5) is 4.79 Å². The third kappa shape index (κ3) is 4.94. The van der Waals surface area contributed by atoms with Crippen LogP contribution in [0.25, 0.3) is 0 Å². The second-order valence-corrected chi connectivity index (χ2v) is 4.09. The van der Waals surface area contributed by atoms with Gasteiger partial charge in [0.1, 0.15) is 6.61 Å². The van der Waals surface area contributed by atoms with E-state index in [9.17, 15) is 4.79 Å². The number of alkyl carbamates (subject to hydrolysis) is 1. The molecule has 84 valence electrons. The lowest BCUT2D eigenvalue weighted by Crippen LogP contribution is -2.41. The van der Waals surface area contributed by atoms with Crippen LogP contribution in [0.5, 0.6) is 0 Å². The van der Waals surface area contributed by atoms with Crippen LogP contribution < -0.4 is 5.32 Å². The zero-order valence-electron chi connectivity index (χ0n) is 9.07. The van der Waals surface area contributed by atoms with Gasteiger partial charge in [0.15, 0.2) is 5.82 Å². The molecule has 0 atom stereocenters. The van der Waals surface area contributed by atoms with Gasteiger partial charge in [0.05, 0.1) is 0 Å². The molecule has 0 saturated carbocycles. The number of aromatic nitrogens is 4. The molecule has 0 bridgehead atoms. The standard InChI is InChI=1S/C8H15N5O2/c1-8(2,3)9-7(14)15-5-4-6-10-12-13-11-6/h4-5H2,1-3H3,(H,9,14)(H,10,11,12,13). The van der Waals surface area contributed by atoms with E-state index in [2.05, 4.69) is 25.9 Å². The van der Waals surface area contributed by atoms with E-state index in [1.165, 1.54) is 0 Å². The summed E-state index contributed by atoms with van der Waals surface area (Å²) >= 11 is 0. The Labute approximate surface area is 87.6 Å². The largest absolute Gasteiger partial charge is 0.449 e. The molecule has 1 heterocycles. The molecule has 0 unspecified atom stereocenters. The maximum Gasteiger partial charge on any atom is 0.407 e. The van der Waals surface area contributed by atoms with Crippen LogP contribution in [-0.4, -0.2) is 38.9 Å². The van der Waals surface area contributed by atoms with E-state index in [-0.39, 0.29) is 12.1 Å². The van der Waals surface area contributed by atoms with Crippen molar-refractivity contribution in [2.24, 2.45) is 0 Å². The average molecular weight is 213 g/mol. The van der Waals surface area contributed by atoms with Crippen molar-refractivity contribution in [3.05, 3.63) is 5.82 Å². The molecule has 1 rings (SSSR count). The van der Waals surface area contributed by atoms with E-state index in [1.54, 1.807) is 0 Å². The molecule has 0 aromatic carbocycles. The van der Waals surface area contributed by atoms with Gasteiger partial charge < -0.3 is 10.1 Å². The molecule has 0 aliphatic rings. The van der Waals surface area contributed by atoms with E-state index in [4.69, 9.17) is 4.74 Å². The second-order valence-electron chi connectivity index (χ2n) is 4.09. The quantitative estimate of drug-likeness (QED) is 0.751. The third-order valence-electron chi connectivity index (χ3n) is 1.43. The van der Waals surface area contributed by atoms with Crippen molar-refractivity contribution in [1.29, 1.82) is 0 Å². The highest BCUT2D eigenvalue weighted by atomic mass is 16.5. The van der Waals surface area contributed by atoms with Gasteiger partial charge in [0, 0.05) is 12.0 Å². The Morgan fingerprint density at radius 1 is 1.53 bits per heavy atom. The molecular formula is C8H15N5O2. The Morgan fingerprint density at radius 2 is 2.27 bits per heavy atom. The molecule has 0 spiro atoms. The molecule has 0 saturated heterocycles. The summed E-state index contributed by atoms with van der Waals surface area (Å²) < 4.78 is 4.92. The summed E-state index contributed by atoms with van der Waals surface area (Å²) in [6, 6.07) is 0. The van der Waals surface area contributed by atoms with Crippen LogP contribution in [-0.2, 0) is 11.2 Å². The number of carbonyl (C=O) groups is 1. The monoisotopic (exact) mass is 213 g/mol. The van der Waals surface area contributed by atoms with Crippen LogP contribution in [0, 0.1) is 0 Å². The Bertz CT molecular complexity index is 303. The smallest absolute Gasteiger partial charge is 0.407 e. The highest BCUT2D eigenvalue weighted by molar-refractivity contribution is 5.68. The van der Waals surface area contributed by atoms with Gasteiger partial charge in [-0.25, -0.2) is 4.79 Å². The molecule has 0 aliphatic heterocycles. The number of aromatic amines is 1. The first kappa shape index (κ1) is 11.4. The van der Waals surface area contributed by atoms with E-state index in [0.717, 1.165) is 0 Å². The number of amides is 1. The van der Waals surface area contributed by atoms with Gasteiger partial charge >= 0.3 is 6.09 Å². The molecule has 1 amide bonds. The Hall–Kier alpha value is -1.66. The van der Waals surface area contributed by atoms with Crippen LogP contribution in [0.1, 0.15) is 26.6 Å². The lowest BCUT2D eigenvalue weighted by atomic mass is 10.1. The van der Waals surface area contributed by atoms with E-state index in [1.807, 2.05) is 20.8 Å². The summed E-state index contributed by atoms with van der Waals surface area (Å²) in [4.78, 5) is 11.2.